The molecule has 0 aromatic rings. The summed E-state index contributed by atoms with van der Waals surface area (Å²) in [5, 5.41) is 0. The van der Waals surface area contributed by atoms with Crippen LogP contribution >= 0.6 is 0 Å². The minimum Gasteiger partial charge on any atom is -0.343 e. The van der Waals surface area contributed by atoms with E-state index in [1.54, 1.807) is 0 Å². The molecule has 14 heavy (non-hydrogen) atoms. The first-order valence-electron chi connectivity index (χ1n) is 5.87. The quantitative estimate of drug-likeness (QED) is 0.681. The van der Waals surface area contributed by atoms with Crippen molar-refractivity contribution >= 4 is 5.91 Å². The molecule has 1 aliphatic rings. The average molecular weight is 197 g/mol. The summed E-state index contributed by atoms with van der Waals surface area (Å²) < 4.78 is 0. The molecule has 82 valence electrons. The summed E-state index contributed by atoms with van der Waals surface area (Å²) in [7, 11) is 1.97. The SMILES string of the molecule is CC(C)CC(=O)N(C)C1CCCCC1. The van der Waals surface area contributed by atoms with E-state index >= 15 is 0 Å². The van der Waals surface area contributed by atoms with E-state index in [-0.39, 0.29) is 0 Å². The molecular weight excluding hydrogens is 174 g/mol. The van der Waals surface area contributed by atoms with Gasteiger partial charge in [0.05, 0.1) is 0 Å². The average Bonchev–Trinajstić information content (AvgIpc) is 2.17. The van der Waals surface area contributed by atoms with Crippen molar-refractivity contribution in [3.63, 3.8) is 0 Å². The van der Waals surface area contributed by atoms with Gasteiger partial charge in [0.1, 0.15) is 0 Å². The first-order chi connectivity index (χ1) is 6.61. The zero-order valence-corrected chi connectivity index (χ0v) is 9.75. The number of carbonyl (C=O) groups is 1. The van der Waals surface area contributed by atoms with E-state index in [2.05, 4.69) is 13.8 Å². The molecule has 0 aromatic heterocycles. The highest BCUT2D eigenvalue weighted by molar-refractivity contribution is 5.76. The first kappa shape index (κ1) is 11.5. The van der Waals surface area contributed by atoms with Crippen molar-refractivity contribution < 1.29 is 4.79 Å². The molecule has 1 amide bonds. The molecule has 1 aliphatic carbocycles. The van der Waals surface area contributed by atoms with Gasteiger partial charge in [-0.25, -0.2) is 0 Å². The molecule has 0 spiro atoms. The molecule has 0 aliphatic heterocycles. The number of carbonyl (C=O) groups excluding carboxylic acids is 1. The summed E-state index contributed by atoms with van der Waals surface area (Å²) in [4.78, 5) is 13.8. The number of hydrogen-bond donors (Lipinski definition) is 0. The van der Waals surface area contributed by atoms with Gasteiger partial charge in [0.2, 0.25) is 5.91 Å². The molecule has 0 unspecified atom stereocenters. The molecule has 1 saturated carbocycles. The normalized spacial score (nSPS) is 18.6. The van der Waals surface area contributed by atoms with Crippen molar-refractivity contribution in [2.75, 3.05) is 7.05 Å². The Morgan fingerprint density at radius 3 is 2.36 bits per heavy atom. The number of nitrogens with zero attached hydrogens (tertiary/aromatic N) is 1. The van der Waals surface area contributed by atoms with E-state index in [0.29, 0.717) is 24.3 Å². The maximum atomic E-state index is 11.8. The molecule has 0 bridgehead atoms. The standard InChI is InChI=1S/C12H23NO/c1-10(2)9-12(14)13(3)11-7-5-4-6-8-11/h10-11H,4-9H2,1-3H3. The second-order valence-corrected chi connectivity index (χ2v) is 4.89. The van der Waals surface area contributed by atoms with Crippen LogP contribution in [0.15, 0.2) is 0 Å². The topological polar surface area (TPSA) is 20.3 Å². The Labute approximate surface area is 87.7 Å². The Morgan fingerprint density at radius 2 is 1.86 bits per heavy atom. The van der Waals surface area contributed by atoms with Crippen molar-refractivity contribution in [2.45, 2.75) is 58.4 Å². The molecule has 0 atom stereocenters. The first-order valence-corrected chi connectivity index (χ1v) is 5.87. The molecule has 2 nitrogen and oxygen atoms in total. The fraction of sp³-hybridized carbons (Fsp3) is 0.917. The van der Waals surface area contributed by atoms with Crippen molar-refractivity contribution in [3.8, 4) is 0 Å². The van der Waals surface area contributed by atoms with Crippen LogP contribution in [0.1, 0.15) is 52.4 Å². The van der Waals surface area contributed by atoms with Gasteiger partial charge in [-0.1, -0.05) is 33.1 Å². The highest BCUT2D eigenvalue weighted by Gasteiger charge is 2.21. The van der Waals surface area contributed by atoms with Crippen LogP contribution in [0, 0.1) is 5.92 Å². The third-order valence-electron chi connectivity index (χ3n) is 3.10. The van der Waals surface area contributed by atoms with Crippen LogP contribution in [0.4, 0.5) is 0 Å². The maximum Gasteiger partial charge on any atom is 0.222 e. The Morgan fingerprint density at radius 1 is 1.29 bits per heavy atom. The lowest BCUT2D eigenvalue weighted by Crippen LogP contribution is -2.38. The van der Waals surface area contributed by atoms with Crippen LogP contribution in [-0.2, 0) is 4.79 Å². The minimum atomic E-state index is 0.326. The van der Waals surface area contributed by atoms with Gasteiger partial charge in [0.15, 0.2) is 0 Å². The summed E-state index contributed by atoms with van der Waals surface area (Å²) >= 11 is 0. The molecule has 0 N–H and O–H groups in total. The van der Waals surface area contributed by atoms with Gasteiger partial charge < -0.3 is 4.90 Å². The second-order valence-electron chi connectivity index (χ2n) is 4.89. The molecule has 1 fully saturated rings. The third-order valence-corrected chi connectivity index (χ3v) is 3.10. The van der Waals surface area contributed by atoms with Crippen LogP contribution in [0.2, 0.25) is 0 Å². The summed E-state index contributed by atoms with van der Waals surface area (Å²) in [6, 6.07) is 0.523. The van der Waals surface area contributed by atoms with Gasteiger partial charge in [-0.3, -0.25) is 4.79 Å². The molecule has 0 saturated heterocycles. The number of amides is 1. The second kappa shape index (κ2) is 5.38. The highest BCUT2D eigenvalue weighted by Crippen LogP contribution is 2.22. The fourth-order valence-electron chi connectivity index (χ4n) is 2.17. The van der Waals surface area contributed by atoms with Crippen LogP contribution in [0.3, 0.4) is 0 Å². The van der Waals surface area contributed by atoms with E-state index in [0.717, 1.165) is 0 Å². The molecule has 0 aromatic carbocycles. The third kappa shape index (κ3) is 3.32. The van der Waals surface area contributed by atoms with Gasteiger partial charge >= 0.3 is 0 Å². The zero-order valence-electron chi connectivity index (χ0n) is 9.75. The van der Waals surface area contributed by atoms with Crippen molar-refractivity contribution in [2.24, 2.45) is 5.92 Å². The Bertz CT molecular complexity index is 183. The molecule has 0 heterocycles. The lowest BCUT2D eigenvalue weighted by molar-refractivity contribution is -0.133. The summed E-state index contributed by atoms with van der Waals surface area (Å²) in [5.74, 6) is 0.806. The van der Waals surface area contributed by atoms with Gasteiger partial charge in [0, 0.05) is 19.5 Å². The van der Waals surface area contributed by atoms with E-state index < -0.39 is 0 Å². The zero-order chi connectivity index (χ0) is 10.6. The maximum absolute atomic E-state index is 11.8. The highest BCUT2D eigenvalue weighted by atomic mass is 16.2. The monoisotopic (exact) mass is 197 g/mol. The lowest BCUT2D eigenvalue weighted by Gasteiger charge is -2.31. The van der Waals surface area contributed by atoms with Gasteiger partial charge in [0.25, 0.3) is 0 Å². The summed E-state index contributed by atoms with van der Waals surface area (Å²) in [6.07, 6.45) is 7.06. The minimum absolute atomic E-state index is 0.326. The van der Waals surface area contributed by atoms with Gasteiger partial charge in [-0.05, 0) is 18.8 Å². The molecule has 0 radical (unpaired) electrons. The van der Waals surface area contributed by atoms with Crippen molar-refractivity contribution in [1.29, 1.82) is 0 Å². The van der Waals surface area contributed by atoms with E-state index in [1.807, 2.05) is 11.9 Å². The Balaban J connectivity index is 2.38. The summed E-state index contributed by atoms with van der Waals surface area (Å²) in [6.45, 7) is 4.21. The number of rotatable bonds is 3. The largest absolute Gasteiger partial charge is 0.343 e. The van der Waals surface area contributed by atoms with E-state index in [9.17, 15) is 4.79 Å². The van der Waals surface area contributed by atoms with Gasteiger partial charge in [-0.15, -0.1) is 0 Å². The van der Waals surface area contributed by atoms with Crippen LogP contribution in [0.25, 0.3) is 0 Å². The predicted molar refractivity (Wildman–Crippen MR) is 59.1 cm³/mol. The predicted octanol–water partition coefficient (Wildman–Crippen LogP) is 2.82. The van der Waals surface area contributed by atoms with E-state index in [1.165, 1.54) is 32.1 Å². The van der Waals surface area contributed by atoms with Crippen LogP contribution < -0.4 is 0 Å². The molecule has 2 heteroatoms. The smallest absolute Gasteiger partial charge is 0.222 e. The van der Waals surface area contributed by atoms with Crippen molar-refractivity contribution in [1.82, 2.24) is 4.90 Å². The van der Waals surface area contributed by atoms with Gasteiger partial charge in [-0.2, -0.15) is 0 Å². The van der Waals surface area contributed by atoms with Crippen LogP contribution in [-0.4, -0.2) is 23.9 Å². The number of hydrogen-bond acceptors (Lipinski definition) is 1. The molecular formula is C12H23NO. The van der Waals surface area contributed by atoms with Crippen molar-refractivity contribution in [3.05, 3.63) is 0 Å². The Hall–Kier alpha value is -0.530. The molecule has 1 rings (SSSR count). The Kier molecular flexibility index (Phi) is 4.43. The van der Waals surface area contributed by atoms with E-state index in [4.69, 9.17) is 0 Å². The lowest BCUT2D eigenvalue weighted by atomic mass is 9.94. The summed E-state index contributed by atoms with van der Waals surface area (Å²) in [5.41, 5.74) is 0. The fourth-order valence-corrected chi connectivity index (χ4v) is 2.17. The van der Waals surface area contributed by atoms with Crippen LogP contribution in [0.5, 0.6) is 0 Å².